The van der Waals surface area contributed by atoms with Crippen molar-refractivity contribution in [3.63, 3.8) is 0 Å². The van der Waals surface area contributed by atoms with Crippen LogP contribution in [0.25, 0.3) is 11.0 Å². The van der Waals surface area contributed by atoms with Gasteiger partial charge in [0.15, 0.2) is 5.17 Å². The first-order chi connectivity index (χ1) is 14.5. The highest BCUT2D eigenvalue weighted by atomic mass is 32.2. The summed E-state index contributed by atoms with van der Waals surface area (Å²) in [5.74, 6) is 1.03. The minimum Gasteiger partial charge on any atom is -0.423 e. The van der Waals surface area contributed by atoms with Gasteiger partial charge in [0.05, 0.1) is 11.7 Å². The maximum atomic E-state index is 12.2. The van der Waals surface area contributed by atoms with E-state index in [1.807, 2.05) is 29.4 Å². The summed E-state index contributed by atoms with van der Waals surface area (Å²) in [5.41, 5.74) is 5.93. The number of nitrogens with zero attached hydrogens (tertiary/aromatic N) is 3. The van der Waals surface area contributed by atoms with Gasteiger partial charge in [-0.15, -0.1) is 0 Å². The number of hydrazone groups is 1. The van der Waals surface area contributed by atoms with Gasteiger partial charge in [0.2, 0.25) is 0 Å². The minimum absolute atomic E-state index is 0.203. The lowest BCUT2D eigenvalue weighted by molar-refractivity contribution is 0.372. The molecule has 30 heavy (non-hydrogen) atoms. The van der Waals surface area contributed by atoms with Gasteiger partial charge in [0.1, 0.15) is 5.58 Å². The third kappa shape index (κ3) is 3.25. The Hall–Kier alpha value is -2.86. The van der Waals surface area contributed by atoms with Crippen molar-refractivity contribution in [1.82, 2.24) is 5.01 Å². The molecule has 0 fully saturated rings. The summed E-state index contributed by atoms with van der Waals surface area (Å²) in [5, 5.41) is 8.42. The van der Waals surface area contributed by atoms with Crippen LogP contribution in [0.15, 0.2) is 61.8 Å². The monoisotopic (exact) mass is 417 g/mol. The topological polar surface area (TPSA) is 58.2 Å². The van der Waals surface area contributed by atoms with Crippen LogP contribution in [0.3, 0.4) is 0 Å². The standard InChI is InChI=1S/C24H23N3O2S/c1-14(2)18-12-19-16(11-23(28)29-22(19)10-15(18)3)13-30-24-26-20-7-5-4-6-17(20)21-8-9-25-27(21)24/h4-7,9-12,14,21H,8,13H2,1-3H3. The molecule has 0 amide bonds. The fraction of sp³-hybridized carbons (Fsp3) is 0.292. The average Bonchev–Trinajstić information content (AvgIpc) is 3.21. The van der Waals surface area contributed by atoms with E-state index in [-0.39, 0.29) is 11.7 Å². The Balaban J connectivity index is 1.52. The SMILES string of the molecule is Cc1cc2oc(=O)cc(CSC3=Nc4ccccc4C4CC=NN34)c2cc1C(C)C. The first-order valence-corrected chi connectivity index (χ1v) is 11.2. The Labute approximate surface area is 179 Å². The van der Waals surface area contributed by atoms with Crippen LogP contribution >= 0.6 is 11.8 Å². The number of rotatable bonds is 3. The van der Waals surface area contributed by atoms with Gasteiger partial charge in [-0.05, 0) is 47.7 Å². The normalized spacial score (nSPS) is 17.4. The number of amidine groups is 1. The maximum absolute atomic E-state index is 12.2. The van der Waals surface area contributed by atoms with E-state index in [0.717, 1.165) is 33.8 Å². The molecule has 0 spiro atoms. The summed E-state index contributed by atoms with van der Waals surface area (Å²) in [6.07, 6.45) is 2.83. The molecule has 0 saturated heterocycles. The Kier molecular flexibility index (Phi) is 4.74. The zero-order valence-electron chi connectivity index (χ0n) is 17.3. The molecule has 2 aromatic carbocycles. The van der Waals surface area contributed by atoms with Gasteiger partial charge < -0.3 is 4.42 Å². The first-order valence-electron chi connectivity index (χ1n) is 10.2. The number of hydrogen-bond acceptors (Lipinski definition) is 6. The molecule has 0 radical (unpaired) electrons. The van der Waals surface area contributed by atoms with Gasteiger partial charge in [-0.2, -0.15) is 5.10 Å². The second-order valence-corrected chi connectivity index (χ2v) is 9.03. The highest BCUT2D eigenvalue weighted by molar-refractivity contribution is 8.13. The van der Waals surface area contributed by atoms with Crippen molar-refractivity contribution in [3.05, 3.63) is 75.1 Å². The van der Waals surface area contributed by atoms with Crippen LogP contribution in [-0.2, 0) is 5.75 Å². The lowest BCUT2D eigenvalue weighted by Crippen LogP contribution is -2.27. The van der Waals surface area contributed by atoms with Gasteiger partial charge in [0.25, 0.3) is 0 Å². The molecule has 5 rings (SSSR count). The summed E-state index contributed by atoms with van der Waals surface area (Å²) in [6.45, 7) is 6.43. The molecule has 0 saturated carbocycles. The van der Waals surface area contributed by atoms with Crippen molar-refractivity contribution < 1.29 is 4.42 Å². The zero-order valence-corrected chi connectivity index (χ0v) is 18.1. The number of aliphatic imine (C=N–C) groups is 1. The fourth-order valence-corrected chi connectivity index (χ4v) is 5.25. The molecular weight excluding hydrogens is 394 g/mol. The number of hydrogen-bond donors (Lipinski definition) is 0. The Morgan fingerprint density at radius 2 is 2.07 bits per heavy atom. The quantitative estimate of drug-likeness (QED) is 0.499. The van der Waals surface area contributed by atoms with Crippen LogP contribution in [0.5, 0.6) is 0 Å². The van der Waals surface area contributed by atoms with Gasteiger partial charge >= 0.3 is 5.63 Å². The molecule has 6 heteroatoms. The van der Waals surface area contributed by atoms with Crippen molar-refractivity contribution in [3.8, 4) is 0 Å². The van der Waals surface area contributed by atoms with Crippen LogP contribution in [0, 0.1) is 6.92 Å². The van der Waals surface area contributed by atoms with Crippen molar-refractivity contribution >= 4 is 39.8 Å². The van der Waals surface area contributed by atoms with Crippen LogP contribution in [-0.4, -0.2) is 16.4 Å². The van der Waals surface area contributed by atoms with Gasteiger partial charge in [0, 0.05) is 35.4 Å². The molecule has 3 heterocycles. The summed E-state index contributed by atoms with van der Waals surface area (Å²) in [6, 6.07) is 14.2. The second kappa shape index (κ2) is 7.43. The van der Waals surface area contributed by atoms with Gasteiger partial charge in [-0.1, -0.05) is 43.8 Å². The number of thioether (sulfide) groups is 1. The highest BCUT2D eigenvalue weighted by Gasteiger charge is 2.32. The molecule has 2 aliphatic rings. The van der Waals surface area contributed by atoms with E-state index < -0.39 is 0 Å². The molecule has 0 N–H and O–H groups in total. The van der Waals surface area contributed by atoms with Crippen molar-refractivity contribution in [2.24, 2.45) is 10.1 Å². The molecule has 5 nitrogen and oxygen atoms in total. The first kappa shape index (κ1) is 19.1. The van der Waals surface area contributed by atoms with Crippen molar-refractivity contribution in [2.75, 3.05) is 0 Å². The minimum atomic E-state index is -0.317. The van der Waals surface area contributed by atoms with E-state index in [4.69, 9.17) is 9.41 Å². The van der Waals surface area contributed by atoms with Crippen LogP contribution in [0.4, 0.5) is 5.69 Å². The van der Waals surface area contributed by atoms with Crippen LogP contribution in [0.2, 0.25) is 0 Å². The molecule has 0 bridgehead atoms. The van der Waals surface area contributed by atoms with Crippen molar-refractivity contribution in [1.29, 1.82) is 0 Å². The molecular formula is C24H23N3O2S. The third-order valence-electron chi connectivity index (χ3n) is 5.73. The number of aryl methyl sites for hydroxylation is 1. The Morgan fingerprint density at radius 3 is 2.90 bits per heavy atom. The summed E-state index contributed by atoms with van der Waals surface area (Å²) in [7, 11) is 0. The third-order valence-corrected chi connectivity index (χ3v) is 6.73. The molecule has 1 atom stereocenters. The molecule has 0 aliphatic carbocycles. The lowest BCUT2D eigenvalue weighted by atomic mass is 9.95. The molecule has 2 aliphatic heterocycles. The fourth-order valence-electron chi connectivity index (χ4n) is 4.26. The van der Waals surface area contributed by atoms with E-state index in [9.17, 15) is 4.79 Å². The van der Waals surface area contributed by atoms with Crippen LogP contribution in [0.1, 0.15) is 54.5 Å². The van der Waals surface area contributed by atoms with Gasteiger partial charge in [-0.25, -0.2) is 14.8 Å². The summed E-state index contributed by atoms with van der Waals surface area (Å²) in [4.78, 5) is 17.0. The van der Waals surface area contributed by atoms with E-state index in [1.54, 1.807) is 17.8 Å². The lowest BCUT2D eigenvalue weighted by Gasteiger charge is -2.29. The molecule has 152 valence electrons. The highest BCUT2D eigenvalue weighted by Crippen LogP contribution is 2.41. The van der Waals surface area contributed by atoms with Gasteiger partial charge in [-0.3, -0.25) is 0 Å². The van der Waals surface area contributed by atoms with E-state index in [2.05, 4.69) is 44.1 Å². The van der Waals surface area contributed by atoms with E-state index in [0.29, 0.717) is 17.3 Å². The van der Waals surface area contributed by atoms with Crippen LogP contribution < -0.4 is 5.63 Å². The summed E-state index contributed by atoms with van der Waals surface area (Å²) < 4.78 is 5.50. The predicted molar refractivity (Wildman–Crippen MR) is 124 cm³/mol. The zero-order chi connectivity index (χ0) is 20.8. The number of benzene rings is 2. The maximum Gasteiger partial charge on any atom is 0.336 e. The molecule has 1 unspecified atom stereocenters. The predicted octanol–water partition coefficient (Wildman–Crippen LogP) is 5.89. The van der Waals surface area contributed by atoms with E-state index >= 15 is 0 Å². The molecule has 3 aromatic rings. The number of fused-ring (bicyclic) bond motifs is 4. The Morgan fingerprint density at radius 1 is 1.23 bits per heavy atom. The van der Waals surface area contributed by atoms with Crippen molar-refractivity contribution in [2.45, 2.75) is 44.9 Å². The van der Waals surface area contributed by atoms with E-state index in [1.165, 1.54) is 11.1 Å². The second-order valence-electron chi connectivity index (χ2n) is 8.09. The Bertz CT molecular complexity index is 1260. The smallest absolute Gasteiger partial charge is 0.336 e. The largest absolute Gasteiger partial charge is 0.423 e. The number of para-hydroxylation sites is 1. The average molecular weight is 418 g/mol. The summed E-state index contributed by atoms with van der Waals surface area (Å²) >= 11 is 1.61. The molecule has 1 aromatic heterocycles.